The van der Waals surface area contributed by atoms with Gasteiger partial charge >= 0.3 is 18.0 Å². The van der Waals surface area contributed by atoms with Crippen LogP contribution in [0, 0.1) is 0 Å². The van der Waals surface area contributed by atoms with Crippen molar-refractivity contribution in [3.63, 3.8) is 0 Å². The molecular weight excluding hydrogens is 313 g/mol. The van der Waals surface area contributed by atoms with Crippen LogP contribution in [0.4, 0.5) is 24.5 Å². The maximum absolute atomic E-state index is 12.8. The summed E-state index contributed by atoms with van der Waals surface area (Å²) in [7, 11) is 0. The van der Waals surface area contributed by atoms with E-state index in [1.54, 1.807) is 0 Å². The number of alkyl halides is 3. The largest absolute Gasteiger partial charge is 0.508 e. The second-order valence-corrected chi connectivity index (χ2v) is 4.50. The van der Waals surface area contributed by atoms with Crippen LogP contribution in [-0.4, -0.2) is 16.9 Å². The van der Waals surface area contributed by atoms with Gasteiger partial charge < -0.3 is 15.7 Å². The number of carbonyl (C=O) groups excluding carboxylic acids is 2. The Morgan fingerprint density at radius 1 is 0.913 bits per heavy atom. The van der Waals surface area contributed by atoms with Gasteiger partial charge in [-0.2, -0.15) is 13.2 Å². The molecule has 3 N–H and O–H groups in total. The maximum Gasteiger partial charge on any atom is 0.418 e. The van der Waals surface area contributed by atoms with Gasteiger partial charge in [0.25, 0.3) is 0 Å². The Hall–Kier alpha value is -3.03. The number of benzene rings is 2. The third kappa shape index (κ3) is 4.22. The van der Waals surface area contributed by atoms with Crippen LogP contribution in [-0.2, 0) is 15.8 Å². The first-order chi connectivity index (χ1) is 10.8. The average molecular weight is 324 g/mol. The molecule has 23 heavy (non-hydrogen) atoms. The fourth-order valence-electron chi connectivity index (χ4n) is 1.79. The van der Waals surface area contributed by atoms with Crippen molar-refractivity contribution >= 4 is 23.2 Å². The smallest absolute Gasteiger partial charge is 0.418 e. The lowest BCUT2D eigenvalue weighted by Crippen LogP contribution is -2.30. The van der Waals surface area contributed by atoms with E-state index in [0.29, 0.717) is 0 Å². The summed E-state index contributed by atoms with van der Waals surface area (Å²) in [5, 5.41) is 13.3. The zero-order chi connectivity index (χ0) is 17.0. The van der Waals surface area contributed by atoms with E-state index in [2.05, 4.69) is 5.32 Å². The summed E-state index contributed by atoms with van der Waals surface area (Å²) in [5.74, 6) is -2.55. The van der Waals surface area contributed by atoms with E-state index in [-0.39, 0.29) is 11.4 Å². The van der Waals surface area contributed by atoms with E-state index in [1.807, 2.05) is 5.32 Å². The highest BCUT2D eigenvalue weighted by Crippen LogP contribution is 2.34. The molecule has 2 rings (SSSR count). The predicted octanol–water partition coefficient (Wildman–Crippen LogP) is 2.99. The molecule has 0 bridgehead atoms. The Bertz CT molecular complexity index is 745. The molecule has 2 amide bonds. The summed E-state index contributed by atoms with van der Waals surface area (Å²) in [6.07, 6.45) is -4.66. The lowest BCUT2D eigenvalue weighted by molar-refractivity contribution is -0.137. The number of carbonyl (C=O) groups is 2. The quantitative estimate of drug-likeness (QED) is 0.743. The van der Waals surface area contributed by atoms with Crippen LogP contribution in [0.2, 0.25) is 0 Å². The van der Waals surface area contributed by atoms with Gasteiger partial charge in [-0.1, -0.05) is 18.2 Å². The van der Waals surface area contributed by atoms with Gasteiger partial charge in [-0.3, -0.25) is 9.59 Å². The van der Waals surface area contributed by atoms with Crippen LogP contribution in [0.25, 0.3) is 0 Å². The van der Waals surface area contributed by atoms with Gasteiger partial charge in [0.1, 0.15) is 5.75 Å². The van der Waals surface area contributed by atoms with E-state index >= 15 is 0 Å². The summed E-state index contributed by atoms with van der Waals surface area (Å²) in [6, 6.07) is 9.70. The molecule has 2 aromatic carbocycles. The zero-order valence-electron chi connectivity index (χ0n) is 11.5. The van der Waals surface area contributed by atoms with Crippen molar-refractivity contribution in [1.82, 2.24) is 0 Å². The van der Waals surface area contributed by atoms with Crippen molar-refractivity contribution in [3.05, 3.63) is 54.1 Å². The number of rotatable bonds is 2. The molecule has 120 valence electrons. The molecule has 0 heterocycles. The lowest BCUT2D eigenvalue weighted by Gasteiger charge is -2.13. The second kappa shape index (κ2) is 6.39. The van der Waals surface area contributed by atoms with Gasteiger partial charge in [0.2, 0.25) is 0 Å². The summed E-state index contributed by atoms with van der Waals surface area (Å²) in [6.45, 7) is 0. The molecule has 0 aromatic heterocycles. The van der Waals surface area contributed by atoms with Crippen molar-refractivity contribution in [1.29, 1.82) is 0 Å². The van der Waals surface area contributed by atoms with Crippen LogP contribution in [0.15, 0.2) is 48.5 Å². The van der Waals surface area contributed by atoms with Gasteiger partial charge in [-0.25, -0.2) is 0 Å². The Labute approximate surface area is 128 Å². The van der Waals surface area contributed by atoms with E-state index < -0.39 is 29.2 Å². The second-order valence-electron chi connectivity index (χ2n) is 4.50. The number of amides is 2. The number of hydrogen-bond acceptors (Lipinski definition) is 3. The Morgan fingerprint density at radius 2 is 1.57 bits per heavy atom. The highest BCUT2D eigenvalue weighted by Gasteiger charge is 2.34. The molecule has 5 nitrogen and oxygen atoms in total. The Balaban J connectivity index is 2.12. The Morgan fingerprint density at radius 3 is 2.22 bits per heavy atom. The van der Waals surface area contributed by atoms with E-state index in [1.165, 1.54) is 36.4 Å². The number of para-hydroxylation sites is 1. The van der Waals surface area contributed by atoms with Gasteiger partial charge in [0.05, 0.1) is 11.3 Å². The van der Waals surface area contributed by atoms with Crippen molar-refractivity contribution in [2.45, 2.75) is 6.18 Å². The first-order valence-electron chi connectivity index (χ1n) is 6.35. The molecule has 0 radical (unpaired) electrons. The summed E-state index contributed by atoms with van der Waals surface area (Å²) in [5.41, 5.74) is -1.44. The molecule has 0 saturated carbocycles. The van der Waals surface area contributed by atoms with Crippen LogP contribution < -0.4 is 10.6 Å². The normalized spacial score (nSPS) is 10.9. The van der Waals surface area contributed by atoms with Crippen LogP contribution in [0.3, 0.4) is 0 Å². The predicted molar refractivity (Wildman–Crippen MR) is 76.8 cm³/mol. The fraction of sp³-hybridized carbons (Fsp3) is 0.0667. The minimum absolute atomic E-state index is 0.134. The first-order valence-corrected chi connectivity index (χ1v) is 6.35. The molecule has 0 fully saturated rings. The standard InChI is InChI=1S/C15H11F3N2O3/c16-15(17,18)11-6-1-2-7-12(11)20-14(23)13(22)19-9-4-3-5-10(21)8-9/h1-8,21H,(H,19,22)(H,20,23). The summed E-state index contributed by atoms with van der Waals surface area (Å²) >= 11 is 0. The SMILES string of the molecule is O=C(Nc1cccc(O)c1)C(=O)Nc1ccccc1C(F)(F)F. The third-order valence-corrected chi connectivity index (χ3v) is 2.79. The van der Waals surface area contributed by atoms with Crippen molar-refractivity contribution in [2.75, 3.05) is 10.6 Å². The molecule has 0 atom stereocenters. The molecule has 0 saturated heterocycles. The van der Waals surface area contributed by atoms with Crippen LogP contribution in [0.1, 0.15) is 5.56 Å². The summed E-state index contributed by atoms with van der Waals surface area (Å²) in [4.78, 5) is 23.4. The lowest BCUT2D eigenvalue weighted by atomic mass is 10.1. The van der Waals surface area contributed by atoms with Crippen LogP contribution >= 0.6 is 0 Å². The molecule has 8 heteroatoms. The highest BCUT2D eigenvalue weighted by atomic mass is 19.4. The van der Waals surface area contributed by atoms with Gasteiger partial charge in [0.15, 0.2) is 0 Å². The number of hydrogen-bond donors (Lipinski definition) is 3. The maximum atomic E-state index is 12.8. The highest BCUT2D eigenvalue weighted by molar-refractivity contribution is 6.43. The topological polar surface area (TPSA) is 78.4 Å². The molecule has 0 aliphatic rings. The molecular formula is C15H11F3N2O3. The number of aromatic hydroxyl groups is 1. The number of nitrogens with one attached hydrogen (secondary N) is 2. The molecule has 0 aliphatic heterocycles. The third-order valence-electron chi connectivity index (χ3n) is 2.79. The number of halogens is 3. The molecule has 0 aliphatic carbocycles. The van der Waals surface area contributed by atoms with Crippen molar-refractivity contribution in [3.8, 4) is 5.75 Å². The van der Waals surface area contributed by atoms with E-state index in [9.17, 15) is 27.9 Å². The zero-order valence-corrected chi connectivity index (χ0v) is 11.5. The average Bonchev–Trinajstić information content (AvgIpc) is 2.46. The minimum Gasteiger partial charge on any atom is -0.508 e. The minimum atomic E-state index is -4.66. The molecule has 0 unspecified atom stereocenters. The monoisotopic (exact) mass is 324 g/mol. The van der Waals surface area contributed by atoms with Gasteiger partial charge in [-0.05, 0) is 24.3 Å². The molecule has 2 aromatic rings. The van der Waals surface area contributed by atoms with Gasteiger partial charge in [0, 0.05) is 11.8 Å². The summed E-state index contributed by atoms with van der Waals surface area (Å²) < 4.78 is 38.4. The van der Waals surface area contributed by atoms with E-state index in [4.69, 9.17) is 0 Å². The number of phenols is 1. The van der Waals surface area contributed by atoms with Crippen molar-refractivity contribution in [2.24, 2.45) is 0 Å². The number of anilines is 2. The number of phenolic OH excluding ortho intramolecular Hbond substituents is 1. The van der Waals surface area contributed by atoms with Crippen LogP contribution in [0.5, 0.6) is 5.75 Å². The first kappa shape index (κ1) is 16.3. The van der Waals surface area contributed by atoms with Gasteiger partial charge in [-0.15, -0.1) is 0 Å². The fourth-order valence-corrected chi connectivity index (χ4v) is 1.79. The van der Waals surface area contributed by atoms with E-state index in [0.717, 1.165) is 12.1 Å². The Kier molecular flexibility index (Phi) is 4.54. The molecule has 0 spiro atoms. The van der Waals surface area contributed by atoms with Crippen molar-refractivity contribution < 1.29 is 27.9 Å².